The Morgan fingerprint density at radius 1 is 0.818 bits per heavy atom. The summed E-state index contributed by atoms with van der Waals surface area (Å²) >= 11 is 0. The molecule has 0 aliphatic heterocycles. The third kappa shape index (κ3) is 1.93. The quantitative estimate of drug-likeness (QED) is 0.646. The average Bonchev–Trinajstić information content (AvgIpc) is 2.72. The highest BCUT2D eigenvalue weighted by atomic mass is 16.3. The summed E-state index contributed by atoms with van der Waals surface area (Å²) in [6.07, 6.45) is 11.3. The molecule has 0 spiro atoms. The molecule has 0 amide bonds. The van der Waals surface area contributed by atoms with Crippen LogP contribution >= 0.6 is 0 Å². The van der Waals surface area contributed by atoms with E-state index in [4.69, 9.17) is 0 Å². The molecule has 0 bridgehead atoms. The van der Waals surface area contributed by atoms with Crippen LogP contribution < -0.4 is 0 Å². The molecule has 0 aromatic carbocycles. The number of rotatable bonds is 0. The van der Waals surface area contributed by atoms with Crippen molar-refractivity contribution < 1.29 is 5.11 Å². The Bertz CT molecular complexity index is 445. The first-order valence-electron chi connectivity index (χ1n) is 10.0. The molecule has 1 heteroatoms. The predicted molar refractivity (Wildman–Crippen MR) is 91.4 cm³/mol. The second kappa shape index (κ2) is 4.98. The van der Waals surface area contributed by atoms with E-state index >= 15 is 0 Å². The van der Waals surface area contributed by atoms with Gasteiger partial charge in [0, 0.05) is 0 Å². The molecule has 0 saturated heterocycles. The van der Waals surface area contributed by atoms with E-state index in [0.717, 1.165) is 29.6 Å². The van der Waals surface area contributed by atoms with Crippen molar-refractivity contribution in [3.05, 3.63) is 0 Å². The van der Waals surface area contributed by atoms with Crippen molar-refractivity contribution in [1.82, 2.24) is 0 Å². The number of hydrogen-bond donors (Lipinski definition) is 1. The summed E-state index contributed by atoms with van der Waals surface area (Å²) in [5.74, 6) is 5.13. The summed E-state index contributed by atoms with van der Waals surface area (Å²) in [6.45, 7) is 9.83. The molecule has 9 atom stereocenters. The van der Waals surface area contributed by atoms with Gasteiger partial charge >= 0.3 is 0 Å². The van der Waals surface area contributed by atoms with E-state index in [-0.39, 0.29) is 11.5 Å². The largest absolute Gasteiger partial charge is 0.392 e. The maximum absolute atomic E-state index is 10.8. The maximum Gasteiger partial charge on any atom is 0.0622 e. The van der Waals surface area contributed by atoms with Gasteiger partial charge in [0.25, 0.3) is 0 Å². The first-order chi connectivity index (χ1) is 10.4. The SMILES string of the molecule is C[C@H]1CC[C@@]2(C)[C@@H](CC[C@@H]3[C@@H]2CC[C@]2(C)[C@@H](O)[C@@H](C)C[C@@H]32)C1. The zero-order chi connectivity index (χ0) is 15.7. The molecule has 1 nitrogen and oxygen atoms in total. The molecule has 0 unspecified atom stereocenters. The number of fused-ring (bicyclic) bond motifs is 5. The summed E-state index contributed by atoms with van der Waals surface area (Å²) in [5.41, 5.74) is 0.847. The van der Waals surface area contributed by atoms with Gasteiger partial charge in [-0.1, -0.05) is 34.1 Å². The van der Waals surface area contributed by atoms with E-state index in [1.807, 2.05) is 0 Å². The van der Waals surface area contributed by atoms with E-state index in [2.05, 4.69) is 27.7 Å². The molecule has 4 aliphatic rings. The molecule has 0 heterocycles. The molecule has 4 rings (SSSR count). The van der Waals surface area contributed by atoms with Gasteiger partial charge in [-0.2, -0.15) is 0 Å². The van der Waals surface area contributed by atoms with Crippen LogP contribution in [0.2, 0.25) is 0 Å². The van der Waals surface area contributed by atoms with E-state index < -0.39 is 0 Å². The first kappa shape index (κ1) is 15.5. The maximum atomic E-state index is 10.8. The fourth-order valence-electron chi connectivity index (χ4n) is 7.81. The predicted octanol–water partition coefficient (Wildman–Crippen LogP) is 5.27. The van der Waals surface area contributed by atoms with E-state index in [9.17, 15) is 5.11 Å². The molecule has 1 N–H and O–H groups in total. The van der Waals surface area contributed by atoms with Crippen LogP contribution in [0.3, 0.4) is 0 Å². The van der Waals surface area contributed by atoms with Crippen LogP contribution in [0.4, 0.5) is 0 Å². The van der Waals surface area contributed by atoms with E-state index in [1.165, 1.54) is 51.4 Å². The van der Waals surface area contributed by atoms with Crippen LogP contribution in [0.25, 0.3) is 0 Å². The number of hydrogen-bond acceptors (Lipinski definition) is 1. The van der Waals surface area contributed by atoms with Gasteiger partial charge < -0.3 is 5.11 Å². The second-order valence-electron chi connectivity index (χ2n) is 10.2. The molecule has 126 valence electrons. The number of aliphatic hydroxyl groups is 1. The standard InChI is InChI=1S/C21H36O/c1-13-7-9-20(3)15(11-13)5-6-16-17(20)8-10-21(4)18(16)12-14(2)19(21)22/h13-19,22H,5-12H2,1-4H3/t13-,14-,15-,16+,17-,18-,19-,20-,21-/m0/s1. The molecule has 0 radical (unpaired) electrons. The van der Waals surface area contributed by atoms with Gasteiger partial charge in [0.15, 0.2) is 0 Å². The lowest BCUT2D eigenvalue weighted by atomic mass is 9.44. The Balaban J connectivity index is 1.63. The van der Waals surface area contributed by atoms with Crippen LogP contribution in [0, 0.1) is 46.3 Å². The third-order valence-electron chi connectivity index (χ3n) is 9.21. The number of aliphatic hydroxyl groups excluding tert-OH is 1. The fourth-order valence-corrected chi connectivity index (χ4v) is 7.81. The van der Waals surface area contributed by atoms with Gasteiger partial charge in [-0.05, 0) is 91.3 Å². The Morgan fingerprint density at radius 2 is 1.55 bits per heavy atom. The molecule has 4 aliphatic carbocycles. The highest BCUT2D eigenvalue weighted by molar-refractivity contribution is 5.10. The van der Waals surface area contributed by atoms with Gasteiger partial charge in [-0.15, -0.1) is 0 Å². The summed E-state index contributed by atoms with van der Waals surface area (Å²) < 4.78 is 0. The van der Waals surface area contributed by atoms with Gasteiger partial charge in [-0.3, -0.25) is 0 Å². The summed E-state index contributed by atoms with van der Waals surface area (Å²) in [4.78, 5) is 0. The Morgan fingerprint density at radius 3 is 2.32 bits per heavy atom. The lowest BCUT2D eigenvalue weighted by Crippen LogP contribution is -2.53. The van der Waals surface area contributed by atoms with E-state index in [0.29, 0.717) is 11.3 Å². The van der Waals surface area contributed by atoms with E-state index in [1.54, 1.807) is 0 Å². The zero-order valence-corrected chi connectivity index (χ0v) is 15.1. The van der Waals surface area contributed by atoms with Crippen LogP contribution in [-0.4, -0.2) is 11.2 Å². The van der Waals surface area contributed by atoms with Gasteiger partial charge in [-0.25, -0.2) is 0 Å². The first-order valence-corrected chi connectivity index (χ1v) is 10.0. The second-order valence-corrected chi connectivity index (χ2v) is 10.2. The molecule has 22 heavy (non-hydrogen) atoms. The topological polar surface area (TPSA) is 20.2 Å². The van der Waals surface area contributed by atoms with Crippen molar-refractivity contribution in [2.24, 2.45) is 46.3 Å². The highest BCUT2D eigenvalue weighted by Crippen LogP contribution is 2.67. The van der Waals surface area contributed by atoms with Crippen molar-refractivity contribution in [3.63, 3.8) is 0 Å². The lowest BCUT2D eigenvalue weighted by Gasteiger charge is -2.60. The van der Waals surface area contributed by atoms with Crippen LogP contribution in [0.1, 0.15) is 79.1 Å². The Hall–Kier alpha value is -0.0400. The van der Waals surface area contributed by atoms with Gasteiger partial charge in [0.2, 0.25) is 0 Å². The summed E-state index contributed by atoms with van der Waals surface area (Å²) in [7, 11) is 0. The minimum Gasteiger partial charge on any atom is -0.392 e. The minimum absolute atomic E-state index is 0.0460. The van der Waals surface area contributed by atoms with Crippen molar-refractivity contribution in [1.29, 1.82) is 0 Å². The molecule has 4 saturated carbocycles. The van der Waals surface area contributed by atoms with Crippen LogP contribution in [-0.2, 0) is 0 Å². The lowest BCUT2D eigenvalue weighted by molar-refractivity contribution is -0.126. The summed E-state index contributed by atoms with van der Waals surface area (Å²) in [5, 5.41) is 10.8. The highest BCUT2D eigenvalue weighted by Gasteiger charge is 2.61. The Labute approximate surface area is 137 Å². The van der Waals surface area contributed by atoms with Crippen molar-refractivity contribution in [2.75, 3.05) is 0 Å². The van der Waals surface area contributed by atoms with Gasteiger partial charge in [0.05, 0.1) is 6.10 Å². The minimum atomic E-state index is -0.0460. The summed E-state index contributed by atoms with van der Waals surface area (Å²) in [6, 6.07) is 0. The van der Waals surface area contributed by atoms with Gasteiger partial charge in [0.1, 0.15) is 0 Å². The monoisotopic (exact) mass is 304 g/mol. The van der Waals surface area contributed by atoms with Crippen molar-refractivity contribution >= 4 is 0 Å². The van der Waals surface area contributed by atoms with Crippen LogP contribution in [0.5, 0.6) is 0 Å². The Kier molecular flexibility index (Phi) is 3.50. The zero-order valence-electron chi connectivity index (χ0n) is 15.1. The average molecular weight is 305 g/mol. The van der Waals surface area contributed by atoms with Crippen molar-refractivity contribution in [2.45, 2.75) is 85.2 Å². The normalized spacial score (nSPS) is 61.2. The van der Waals surface area contributed by atoms with Crippen molar-refractivity contribution in [3.8, 4) is 0 Å². The molecule has 4 fully saturated rings. The fraction of sp³-hybridized carbons (Fsp3) is 1.00. The molecule has 0 aromatic rings. The smallest absolute Gasteiger partial charge is 0.0622 e. The van der Waals surface area contributed by atoms with Crippen LogP contribution in [0.15, 0.2) is 0 Å². The third-order valence-corrected chi connectivity index (χ3v) is 9.21. The molecule has 0 aromatic heterocycles. The molecular formula is C21H36O. The molecular weight excluding hydrogens is 268 g/mol.